The second kappa shape index (κ2) is 5.25. The minimum Gasteiger partial charge on any atom is -0.454 e. The number of ether oxygens (including phenoxy) is 2. The van der Waals surface area contributed by atoms with Gasteiger partial charge in [0.1, 0.15) is 0 Å². The number of halogens is 1. The van der Waals surface area contributed by atoms with Gasteiger partial charge in [-0.05, 0) is 54.8 Å². The molecule has 0 aliphatic carbocycles. The van der Waals surface area contributed by atoms with Gasteiger partial charge < -0.3 is 14.8 Å². The summed E-state index contributed by atoms with van der Waals surface area (Å²) in [6, 6.07) is 10.2. The van der Waals surface area contributed by atoms with Gasteiger partial charge in [-0.1, -0.05) is 17.7 Å². The molecule has 0 atom stereocenters. The SMILES string of the molecule is Cc1ccc(NCc2cc(Cl)c3c(c2)OCO3)cc1C. The number of fused-ring (bicyclic) bond motifs is 1. The van der Waals surface area contributed by atoms with E-state index in [-0.39, 0.29) is 6.79 Å². The van der Waals surface area contributed by atoms with E-state index in [1.54, 1.807) is 0 Å². The summed E-state index contributed by atoms with van der Waals surface area (Å²) in [5.74, 6) is 1.36. The normalized spacial score (nSPS) is 12.6. The Kier molecular flexibility index (Phi) is 3.45. The van der Waals surface area contributed by atoms with Crippen LogP contribution in [0.3, 0.4) is 0 Å². The highest BCUT2D eigenvalue weighted by Crippen LogP contribution is 2.39. The zero-order valence-corrected chi connectivity index (χ0v) is 12.3. The summed E-state index contributed by atoms with van der Waals surface area (Å²) in [4.78, 5) is 0. The summed E-state index contributed by atoms with van der Waals surface area (Å²) in [5.41, 5.74) is 4.74. The van der Waals surface area contributed by atoms with Gasteiger partial charge in [0.05, 0.1) is 5.02 Å². The molecule has 0 aromatic heterocycles. The van der Waals surface area contributed by atoms with Gasteiger partial charge in [-0.25, -0.2) is 0 Å². The maximum absolute atomic E-state index is 6.17. The Morgan fingerprint density at radius 2 is 1.95 bits per heavy atom. The number of nitrogens with one attached hydrogen (secondary N) is 1. The van der Waals surface area contributed by atoms with E-state index < -0.39 is 0 Å². The Balaban J connectivity index is 1.75. The fraction of sp³-hybridized carbons (Fsp3) is 0.250. The Hall–Kier alpha value is -1.87. The smallest absolute Gasteiger partial charge is 0.231 e. The van der Waals surface area contributed by atoms with Gasteiger partial charge in [0, 0.05) is 12.2 Å². The molecular weight excluding hydrogens is 274 g/mol. The zero-order chi connectivity index (χ0) is 14.1. The minimum atomic E-state index is 0.239. The highest BCUT2D eigenvalue weighted by Gasteiger charge is 2.18. The third kappa shape index (κ3) is 2.54. The predicted molar refractivity (Wildman–Crippen MR) is 80.8 cm³/mol. The average molecular weight is 290 g/mol. The Morgan fingerprint density at radius 1 is 1.10 bits per heavy atom. The highest BCUT2D eigenvalue weighted by molar-refractivity contribution is 6.32. The van der Waals surface area contributed by atoms with Gasteiger partial charge in [-0.3, -0.25) is 0 Å². The molecule has 1 heterocycles. The first kappa shape index (κ1) is 13.1. The number of rotatable bonds is 3. The number of hydrogen-bond acceptors (Lipinski definition) is 3. The average Bonchev–Trinajstić information content (AvgIpc) is 2.89. The number of aryl methyl sites for hydroxylation is 2. The second-order valence-corrected chi connectivity index (χ2v) is 5.37. The fourth-order valence-electron chi connectivity index (χ4n) is 2.18. The van der Waals surface area contributed by atoms with Gasteiger partial charge >= 0.3 is 0 Å². The molecule has 1 N–H and O–H groups in total. The van der Waals surface area contributed by atoms with E-state index in [0.717, 1.165) is 17.0 Å². The summed E-state index contributed by atoms with van der Waals surface area (Å²) in [5, 5.41) is 3.99. The summed E-state index contributed by atoms with van der Waals surface area (Å²) >= 11 is 6.17. The molecule has 3 rings (SSSR count). The van der Waals surface area contributed by atoms with Crippen molar-refractivity contribution < 1.29 is 9.47 Å². The lowest BCUT2D eigenvalue weighted by molar-refractivity contribution is 0.174. The van der Waals surface area contributed by atoms with Crippen LogP contribution in [-0.4, -0.2) is 6.79 Å². The molecule has 1 aliphatic heterocycles. The molecule has 104 valence electrons. The van der Waals surface area contributed by atoms with E-state index in [9.17, 15) is 0 Å². The number of hydrogen-bond donors (Lipinski definition) is 1. The standard InChI is InChI=1S/C16H16ClNO2/c1-10-3-4-13(5-11(10)2)18-8-12-6-14(17)16-15(7-12)19-9-20-16/h3-7,18H,8-9H2,1-2H3. The molecule has 2 aromatic rings. The lowest BCUT2D eigenvalue weighted by Crippen LogP contribution is -2.00. The first-order chi connectivity index (χ1) is 9.63. The van der Waals surface area contributed by atoms with Crippen molar-refractivity contribution in [2.24, 2.45) is 0 Å². The van der Waals surface area contributed by atoms with Gasteiger partial charge in [-0.15, -0.1) is 0 Å². The van der Waals surface area contributed by atoms with Gasteiger partial charge in [0.25, 0.3) is 0 Å². The van der Waals surface area contributed by atoms with Crippen molar-refractivity contribution in [3.63, 3.8) is 0 Å². The molecule has 0 bridgehead atoms. The van der Waals surface area contributed by atoms with Crippen LogP contribution in [0.5, 0.6) is 11.5 Å². The van der Waals surface area contributed by atoms with Crippen molar-refractivity contribution >= 4 is 17.3 Å². The van der Waals surface area contributed by atoms with Crippen LogP contribution < -0.4 is 14.8 Å². The first-order valence-electron chi connectivity index (χ1n) is 6.52. The molecule has 0 amide bonds. The second-order valence-electron chi connectivity index (χ2n) is 4.96. The van der Waals surface area contributed by atoms with Crippen molar-refractivity contribution in [2.45, 2.75) is 20.4 Å². The van der Waals surface area contributed by atoms with Crippen LogP contribution >= 0.6 is 11.6 Å². The molecule has 0 fully saturated rings. The molecule has 0 saturated carbocycles. The van der Waals surface area contributed by atoms with Crippen LogP contribution in [0.4, 0.5) is 5.69 Å². The van der Waals surface area contributed by atoms with E-state index in [2.05, 4.69) is 37.4 Å². The van der Waals surface area contributed by atoms with Crippen LogP contribution in [0.25, 0.3) is 0 Å². The molecule has 0 saturated heterocycles. The lowest BCUT2D eigenvalue weighted by Gasteiger charge is -2.10. The Labute approximate surface area is 123 Å². The molecule has 0 spiro atoms. The van der Waals surface area contributed by atoms with Crippen molar-refractivity contribution in [3.05, 3.63) is 52.0 Å². The summed E-state index contributed by atoms with van der Waals surface area (Å²) in [6.45, 7) is 5.15. The number of benzene rings is 2. The van der Waals surface area contributed by atoms with E-state index in [0.29, 0.717) is 17.3 Å². The van der Waals surface area contributed by atoms with Crippen molar-refractivity contribution in [2.75, 3.05) is 12.1 Å². The summed E-state index contributed by atoms with van der Waals surface area (Å²) in [6.07, 6.45) is 0. The molecular formula is C16H16ClNO2. The Bertz CT molecular complexity index is 655. The monoisotopic (exact) mass is 289 g/mol. The van der Waals surface area contributed by atoms with Crippen LogP contribution in [0, 0.1) is 13.8 Å². The molecule has 20 heavy (non-hydrogen) atoms. The quantitative estimate of drug-likeness (QED) is 0.914. The molecule has 0 unspecified atom stereocenters. The van der Waals surface area contributed by atoms with Crippen molar-refractivity contribution in [1.29, 1.82) is 0 Å². The van der Waals surface area contributed by atoms with E-state index in [1.807, 2.05) is 12.1 Å². The molecule has 3 nitrogen and oxygen atoms in total. The third-order valence-corrected chi connectivity index (χ3v) is 3.77. The molecule has 2 aromatic carbocycles. The van der Waals surface area contributed by atoms with Gasteiger partial charge in [0.2, 0.25) is 6.79 Å². The van der Waals surface area contributed by atoms with Crippen LogP contribution in [-0.2, 0) is 6.54 Å². The minimum absolute atomic E-state index is 0.239. The first-order valence-corrected chi connectivity index (χ1v) is 6.90. The largest absolute Gasteiger partial charge is 0.454 e. The lowest BCUT2D eigenvalue weighted by atomic mass is 10.1. The summed E-state index contributed by atoms with van der Waals surface area (Å²) < 4.78 is 10.7. The molecule has 4 heteroatoms. The van der Waals surface area contributed by atoms with Crippen LogP contribution in [0.15, 0.2) is 30.3 Å². The maximum atomic E-state index is 6.17. The zero-order valence-electron chi connectivity index (χ0n) is 11.5. The fourth-order valence-corrected chi connectivity index (χ4v) is 2.47. The van der Waals surface area contributed by atoms with Crippen LogP contribution in [0.1, 0.15) is 16.7 Å². The van der Waals surface area contributed by atoms with E-state index in [4.69, 9.17) is 21.1 Å². The van der Waals surface area contributed by atoms with E-state index >= 15 is 0 Å². The van der Waals surface area contributed by atoms with Crippen molar-refractivity contribution in [1.82, 2.24) is 0 Å². The van der Waals surface area contributed by atoms with Crippen LogP contribution in [0.2, 0.25) is 5.02 Å². The van der Waals surface area contributed by atoms with Gasteiger partial charge in [-0.2, -0.15) is 0 Å². The highest BCUT2D eigenvalue weighted by atomic mass is 35.5. The topological polar surface area (TPSA) is 30.5 Å². The van der Waals surface area contributed by atoms with E-state index in [1.165, 1.54) is 11.1 Å². The third-order valence-electron chi connectivity index (χ3n) is 3.49. The van der Waals surface area contributed by atoms with Crippen molar-refractivity contribution in [3.8, 4) is 11.5 Å². The van der Waals surface area contributed by atoms with Gasteiger partial charge in [0.15, 0.2) is 11.5 Å². The number of anilines is 1. The summed E-state index contributed by atoms with van der Waals surface area (Å²) in [7, 11) is 0. The maximum Gasteiger partial charge on any atom is 0.231 e. The molecule has 0 radical (unpaired) electrons. The Morgan fingerprint density at radius 3 is 2.75 bits per heavy atom. The predicted octanol–water partition coefficient (Wildman–Crippen LogP) is 4.30. The molecule has 1 aliphatic rings.